The third kappa shape index (κ3) is 12.3. The van der Waals surface area contributed by atoms with Crippen LogP contribution >= 0.6 is 11.6 Å². The number of hydrogen-bond donors (Lipinski definition) is 2. The molecular formula is C114H82BClN4O2. The standard InChI is InChI=1S/C57H40N2.C42H27ClN2.C15H15BO2/c1-57(2)51-22-12-9-19-45(51)46-28-25-37(34-52(46)57)40-31-41(38-26-29-49-47-20-10-13-23-53(47)58(55(49)35-38)43-15-5-3-6-16-43)33-42(32-40)39-27-30-50-48-21-11-14-24-54(48)59(56(50)36-39)44-17-7-4-8-18-44;43-32-24-30(28-19-21-37-35-15-7-9-17-39(35)44(41(37)26-28)33-11-3-1-4-12-33)23-31(25-32)29-20-22-38-36-16-8-10-18-40(36)45(42(38)27-29)34-13-5-2-6-14-34;1-15(2)13-6-4-3-5-11(13)12-8-7-10(16(17)18)9-14(12)15/h3-36H,1-2H3;1-27H;3-9,17-18H,1-2H3. The van der Waals surface area contributed by atoms with Gasteiger partial charge in [-0.2, -0.15) is 0 Å². The van der Waals surface area contributed by atoms with E-state index in [4.69, 9.17) is 11.6 Å². The van der Waals surface area contributed by atoms with Crippen LogP contribution in [-0.2, 0) is 10.8 Å². The first kappa shape index (κ1) is 73.8. The third-order valence-electron chi connectivity index (χ3n) is 25.7. The highest BCUT2D eigenvalue weighted by Crippen LogP contribution is 2.52. The van der Waals surface area contributed by atoms with Crippen LogP contribution in [0.3, 0.4) is 0 Å². The van der Waals surface area contributed by atoms with Crippen LogP contribution in [0.2, 0.25) is 5.02 Å². The van der Waals surface area contributed by atoms with Crippen molar-refractivity contribution in [2.24, 2.45) is 0 Å². The maximum Gasteiger partial charge on any atom is 0.488 e. The van der Waals surface area contributed by atoms with E-state index in [1.165, 1.54) is 160 Å². The van der Waals surface area contributed by atoms with Gasteiger partial charge in [0.25, 0.3) is 0 Å². The van der Waals surface area contributed by atoms with E-state index in [1.807, 2.05) is 24.3 Å². The topological polar surface area (TPSA) is 60.2 Å². The normalized spacial score (nSPS) is 12.8. The number of halogens is 1. The van der Waals surface area contributed by atoms with Gasteiger partial charge in [-0.1, -0.05) is 312 Å². The molecule has 0 amide bonds. The average molecular weight is 1590 g/mol. The second-order valence-corrected chi connectivity index (χ2v) is 33.9. The molecule has 0 aliphatic heterocycles. The van der Waals surface area contributed by atoms with Crippen molar-refractivity contribution >= 4 is 111 Å². The molecule has 2 aliphatic carbocycles. The maximum absolute atomic E-state index is 9.30. The molecule has 6 nitrogen and oxygen atoms in total. The highest BCUT2D eigenvalue weighted by molar-refractivity contribution is 6.58. The summed E-state index contributed by atoms with van der Waals surface area (Å²) in [7, 11) is -1.41. The molecule has 0 fully saturated rings. The Balaban J connectivity index is 0.000000124. The van der Waals surface area contributed by atoms with Gasteiger partial charge in [0.1, 0.15) is 0 Å². The smallest absolute Gasteiger partial charge is 0.423 e. The van der Waals surface area contributed by atoms with Crippen molar-refractivity contribution in [3.8, 4) is 101 Å². The van der Waals surface area contributed by atoms with E-state index >= 15 is 0 Å². The van der Waals surface area contributed by atoms with Crippen LogP contribution in [-0.4, -0.2) is 35.4 Å². The van der Waals surface area contributed by atoms with Gasteiger partial charge in [-0.25, -0.2) is 0 Å². The number of benzene rings is 18. The molecule has 0 saturated carbocycles. The molecular weight excluding hydrogens is 1500 g/mol. The molecule has 0 spiro atoms. The lowest BCUT2D eigenvalue weighted by atomic mass is 9.75. The van der Waals surface area contributed by atoms with E-state index < -0.39 is 7.12 Å². The first-order chi connectivity index (χ1) is 59.7. The number of fused-ring (bicyclic) bond motifs is 18. The summed E-state index contributed by atoms with van der Waals surface area (Å²) in [6.07, 6.45) is 0. The molecule has 0 radical (unpaired) electrons. The minimum absolute atomic E-state index is 0.0865. The summed E-state index contributed by atoms with van der Waals surface area (Å²) in [5.41, 5.74) is 36.6. The van der Waals surface area contributed by atoms with Crippen molar-refractivity contribution < 1.29 is 10.0 Å². The Morgan fingerprint density at radius 1 is 0.205 bits per heavy atom. The number of aromatic nitrogens is 4. The van der Waals surface area contributed by atoms with Crippen molar-refractivity contribution in [2.45, 2.75) is 38.5 Å². The van der Waals surface area contributed by atoms with Gasteiger partial charge in [0, 0.05) is 81.7 Å². The molecule has 24 rings (SSSR count). The first-order valence-electron chi connectivity index (χ1n) is 41.9. The van der Waals surface area contributed by atoms with Gasteiger partial charge in [-0.05, 0) is 245 Å². The second-order valence-electron chi connectivity index (χ2n) is 33.5. The van der Waals surface area contributed by atoms with E-state index in [1.54, 1.807) is 6.07 Å². The Bertz CT molecular complexity index is 7580. The summed E-state index contributed by atoms with van der Waals surface area (Å²) >= 11 is 6.86. The fourth-order valence-electron chi connectivity index (χ4n) is 19.8. The summed E-state index contributed by atoms with van der Waals surface area (Å²) in [6, 6.07) is 149. The van der Waals surface area contributed by atoms with Crippen LogP contribution < -0.4 is 5.46 Å². The fraction of sp³-hybridized carbons (Fsp3) is 0.0526. The van der Waals surface area contributed by atoms with Gasteiger partial charge in [0.2, 0.25) is 0 Å². The number of hydrogen-bond acceptors (Lipinski definition) is 2. The molecule has 4 heterocycles. The first-order valence-corrected chi connectivity index (χ1v) is 42.3. The van der Waals surface area contributed by atoms with Crippen molar-refractivity contribution in [3.05, 3.63) is 440 Å². The summed E-state index contributed by atoms with van der Waals surface area (Å²) in [5.74, 6) is 0. The molecule has 2 N–H and O–H groups in total. The number of rotatable bonds is 10. The zero-order valence-corrected chi connectivity index (χ0v) is 68.7. The summed E-state index contributed by atoms with van der Waals surface area (Å²) in [5, 5.41) is 29.3. The Hall–Kier alpha value is -14.6. The van der Waals surface area contributed by atoms with Crippen LogP contribution in [0.4, 0.5) is 0 Å². The third-order valence-corrected chi connectivity index (χ3v) is 26.0. The second kappa shape index (κ2) is 29.5. The van der Waals surface area contributed by atoms with Crippen LogP contribution in [0.25, 0.3) is 188 Å². The monoisotopic (exact) mass is 1580 g/mol. The molecule has 122 heavy (non-hydrogen) atoms. The molecule has 0 unspecified atom stereocenters. The molecule has 4 aromatic heterocycles. The Morgan fingerprint density at radius 3 is 0.779 bits per heavy atom. The minimum Gasteiger partial charge on any atom is -0.423 e. The minimum atomic E-state index is -1.41. The quantitative estimate of drug-likeness (QED) is 0.134. The molecule has 0 atom stereocenters. The summed E-state index contributed by atoms with van der Waals surface area (Å²) < 4.78 is 9.54. The SMILES string of the molecule is CC1(C)c2ccccc2-c2ccc(-c3cc(-c4ccc5c6ccccc6n(-c6ccccc6)c5c4)cc(-c4ccc5c6ccccc6n(-c6ccccc6)c5c4)c3)cc21.CC1(C)c2ccccc2-c2ccc(B(O)O)cc21.Clc1cc(-c2ccc3c4ccccc4n(-c4ccccc4)c3c2)cc(-c2ccc3c4ccccc4n(-c4ccccc4)c3c2)c1. The average Bonchev–Trinajstić information content (AvgIpc) is 1.57. The maximum atomic E-state index is 9.30. The van der Waals surface area contributed by atoms with Gasteiger partial charge < -0.3 is 28.3 Å². The van der Waals surface area contributed by atoms with E-state index in [2.05, 4.69) is 428 Å². The Kier molecular flexibility index (Phi) is 17.8. The van der Waals surface area contributed by atoms with Gasteiger partial charge >= 0.3 is 7.12 Å². The van der Waals surface area contributed by atoms with Crippen LogP contribution in [0.15, 0.2) is 413 Å². The molecule has 2 aliphatic rings. The molecule has 580 valence electrons. The summed E-state index contributed by atoms with van der Waals surface area (Å²) in [4.78, 5) is 0. The van der Waals surface area contributed by atoms with E-state index in [0.717, 1.165) is 55.6 Å². The molecule has 18 aromatic carbocycles. The Labute approximate surface area is 713 Å². The predicted octanol–water partition coefficient (Wildman–Crippen LogP) is 28.7. The molecule has 8 heteroatoms. The lowest BCUT2D eigenvalue weighted by molar-refractivity contribution is 0.425. The highest BCUT2D eigenvalue weighted by atomic mass is 35.5. The van der Waals surface area contributed by atoms with Crippen molar-refractivity contribution in [3.63, 3.8) is 0 Å². The fourth-order valence-corrected chi connectivity index (χ4v) is 20.1. The zero-order chi connectivity index (χ0) is 82.1. The van der Waals surface area contributed by atoms with Crippen LogP contribution in [0.1, 0.15) is 49.9 Å². The van der Waals surface area contributed by atoms with Gasteiger partial charge in [0.15, 0.2) is 0 Å². The van der Waals surface area contributed by atoms with Crippen molar-refractivity contribution in [1.82, 2.24) is 18.3 Å². The van der Waals surface area contributed by atoms with E-state index in [9.17, 15) is 10.0 Å². The van der Waals surface area contributed by atoms with Gasteiger partial charge in [-0.3, -0.25) is 0 Å². The van der Waals surface area contributed by atoms with Crippen molar-refractivity contribution in [1.29, 1.82) is 0 Å². The molecule has 22 aromatic rings. The van der Waals surface area contributed by atoms with Crippen LogP contribution in [0, 0.1) is 0 Å². The lowest BCUT2D eigenvalue weighted by Crippen LogP contribution is -2.31. The molecule has 0 saturated heterocycles. The van der Waals surface area contributed by atoms with Gasteiger partial charge in [0.05, 0.1) is 44.1 Å². The van der Waals surface area contributed by atoms with E-state index in [0.29, 0.717) is 5.46 Å². The largest absolute Gasteiger partial charge is 0.488 e. The Morgan fingerprint density at radius 2 is 0.451 bits per heavy atom. The summed E-state index contributed by atoms with van der Waals surface area (Å²) in [6.45, 7) is 9.08. The number of para-hydroxylation sites is 8. The van der Waals surface area contributed by atoms with Gasteiger partial charge in [-0.15, -0.1) is 0 Å². The number of nitrogens with zero attached hydrogens (tertiary/aromatic N) is 4. The van der Waals surface area contributed by atoms with Crippen molar-refractivity contribution in [2.75, 3.05) is 0 Å². The lowest BCUT2D eigenvalue weighted by Gasteiger charge is -2.22. The molecule has 0 bridgehead atoms. The highest BCUT2D eigenvalue weighted by Gasteiger charge is 2.37. The zero-order valence-electron chi connectivity index (χ0n) is 67.9. The van der Waals surface area contributed by atoms with E-state index in [-0.39, 0.29) is 10.8 Å². The van der Waals surface area contributed by atoms with Crippen LogP contribution in [0.5, 0.6) is 0 Å². The predicted molar refractivity (Wildman–Crippen MR) is 514 cm³/mol.